The van der Waals surface area contributed by atoms with Crippen LogP contribution < -0.4 is 5.32 Å². The molecule has 0 unspecified atom stereocenters. The first kappa shape index (κ1) is 13.5. The Morgan fingerprint density at radius 1 is 1.31 bits per heavy atom. The zero-order chi connectivity index (χ0) is 12.0. The van der Waals surface area contributed by atoms with Crippen molar-refractivity contribution in [3.8, 4) is 0 Å². The minimum atomic E-state index is 0.335. The Bertz CT molecular complexity index is 226. The van der Waals surface area contributed by atoms with Crippen molar-refractivity contribution in [2.24, 2.45) is 5.41 Å². The van der Waals surface area contributed by atoms with Crippen LogP contribution in [0, 0.1) is 5.41 Å². The summed E-state index contributed by atoms with van der Waals surface area (Å²) in [6, 6.07) is 0. The lowest BCUT2D eigenvalue weighted by Crippen LogP contribution is -2.36. The third-order valence-corrected chi connectivity index (χ3v) is 3.41. The van der Waals surface area contributed by atoms with Gasteiger partial charge in [-0.25, -0.2) is 0 Å². The molecular weight excluding hydrogens is 200 g/mol. The number of nitrogens with one attached hydrogen (secondary N) is 1. The van der Waals surface area contributed by atoms with Crippen LogP contribution in [0.3, 0.4) is 0 Å². The van der Waals surface area contributed by atoms with Gasteiger partial charge in [0.15, 0.2) is 0 Å². The molecule has 1 N–H and O–H groups in total. The van der Waals surface area contributed by atoms with Crippen LogP contribution in [-0.2, 0) is 4.79 Å². The van der Waals surface area contributed by atoms with Gasteiger partial charge in [-0.1, -0.05) is 20.8 Å². The minimum absolute atomic E-state index is 0.335. The molecule has 1 saturated heterocycles. The predicted molar refractivity (Wildman–Crippen MR) is 67.4 cm³/mol. The van der Waals surface area contributed by atoms with Crippen molar-refractivity contribution in [1.82, 2.24) is 10.2 Å². The van der Waals surface area contributed by atoms with Crippen molar-refractivity contribution in [3.63, 3.8) is 0 Å². The van der Waals surface area contributed by atoms with E-state index in [1.54, 1.807) is 0 Å². The maximum atomic E-state index is 11.9. The lowest BCUT2D eigenvalue weighted by Gasteiger charge is -2.23. The van der Waals surface area contributed by atoms with Crippen LogP contribution in [0.5, 0.6) is 0 Å². The van der Waals surface area contributed by atoms with Gasteiger partial charge in [-0.05, 0) is 31.2 Å². The molecular formula is C13H26N2O. The molecule has 0 bridgehead atoms. The van der Waals surface area contributed by atoms with Crippen LogP contribution in [0.2, 0.25) is 0 Å². The van der Waals surface area contributed by atoms with E-state index in [1.807, 2.05) is 4.90 Å². The second kappa shape index (κ2) is 6.24. The normalized spacial score (nSPS) is 20.9. The number of hydrogen-bond donors (Lipinski definition) is 1. The van der Waals surface area contributed by atoms with Crippen molar-refractivity contribution in [1.29, 1.82) is 0 Å². The van der Waals surface area contributed by atoms with Gasteiger partial charge in [-0.3, -0.25) is 4.79 Å². The van der Waals surface area contributed by atoms with Gasteiger partial charge in [0.05, 0.1) is 0 Å². The third-order valence-electron chi connectivity index (χ3n) is 3.41. The average Bonchev–Trinajstić information content (AvgIpc) is 2.36. The van der Waals surface area contributed by atoms with E-state index in [2.05, 4.69) is 26.1 Å². The molecule has 3 nitrogen and oxygen atoms in total. The van der Waals surface area contributed by atoms with Gasteiger partial charge < -0.3 is 10.2 Å². The first-order chi connectivity index (χ1) is 7.55. The highest BCUT2D eigenvalue weighted by atomic mass is 16.2. The molecule has 0 radical (unpaired) electrons. The molecule has 1 aliphatic heterocycles. The van der Waals surface area contributed by atoms with Gasteiger partial charge in [0.25, 0.3) is 0 Å². The number of hydrogen-bond acceptors (Lipinski definition) is 2. The Morgan fingerprint density at radius 2 is 2.06 bits per heavy atom. The zero-order valence-corrected chi connectivity index (χ0v) is 11.0. The summed E-state index contributed by atoms with van der Waals surface area (Å²) in [5.41, 5.74) is 0.335. The Morgan fingerprint density at radius 3 is 2.75 bits per heavy atom. The van der Waals surface area contributed by atoms with Gasteiger partial charge in [0.1, 0.15) is 0 Å². The number of rotatable bonds is 5. The van der Waals surface area contributed by atoms with E-state index in [-0.39, 0.29) is 0 Å². The second-order valence-electron chi connectivity index (χ2n) is 5.55. The van der Waals surface area contributed by atoms with Gasteiger partial charge >= 0.3 is 0 Å². The summed E-state index contributed by atoms with van der Waals surface area (Å²) in [5.74, 6) is 0.337. The summed E-state index contributed by atoms with van der Waals surface area (Å²) < 4.78 is 0. The SMILES string of the molecule is CCCNCCN1CCC(C)(C)CCC1=O. The maximum absolute atomic E-state index is 11.9. The molecule has 0 aromatic carbocycles. The van der Waals surface area contributed by atoms with Gasteiger partial charge in [0.2, 0.25) is 5.91 Å². The molecule has 16 heavy (non-hydrogen) atoms. The molecule has 3 heteroatoms. The van der Waals surface area contributed by atoms with Crippen molar-refractivity contribution in [2.75, 3.05) is 26.2 Å². The van der Waals surface area contributed by atoms with E-state index in [0.29, 0.717) is 11.3 Å². The molecule has 0 saturated carbocycles. The zero-order valence-electron chi connectivity index (χ0n) is 11.0. The van der Waals surface area contributed by atoms with Crippen LogP contribution >= 0.6 is 0 Å². The van der Waals surface area contributed by atoms with E-state index in [4.69, 9.17) is 0 Å². The van der Waals surface area contributed by atoms with Crippen LogP contribution in [0.25, 0.3) is 0 Å². The molecule has 1 aliphatic rings. The fraction of sp³-hybridized carbons (Fsp3) is 0.923. The van der Waals surface area contributed by atoms with Crippen molar-refractivity contribution in [2.45, 2.75) is 46.5 Å². The fourth-order valence-corrected chi connectivity index (χ4v) is 2.04. The summed E-state index contributed by atoms with van der Waals surface area (Å²) in [6.45, 7) is 10.5. The van der Waals surface area contributed by atoms with E-state index < -0.39 is 0 Å². The van der Waals surface area contributed by atoms with Gasteiger partial charge in [-0.2, -0.15) is 0 Å². The number of amides is 1. The molecule has 0 aliphatic carbocycles. The predicted octanol–water partition coefficient (Wildman–Crippen LogP) is 2.02. The van der Waals surface area contributed by atoms with E-state index >= 15 is 0 Å². The van der Waals surface area contributed by atoms with E-state index in [0.717, 1.165) is 51.9 Å². The quantitative estimate of drug-likeness (QED) is 0.727. The van der Waals surface area contributed by atoms with Crippen LogP contribution in [0.1, 0.15) is 46.5 Å². The monoisotopic (exact) mass is 226 g/mol. The third kappa shape index (κ3) is 4.52. The van der Waals surface area contributed by atoms with Crippen LogP contribution in [0.4, 0.5) is 0 Å². The number of carbonyl (C=O) groups excluding carboxylic acids is 1. The summed E-state index contributed by atoms with van der Waals surface area (Å²) in [4.78, 5) is 13.9. The van der Waals surface area contributed by atoms with Gasteiger partial charge in [-0.15, -0.1) is 0 Å². The Labute approximate surface area is 99.6 Å². The molecule has 1 amide bonds. The number of likely N-dealkylation sites (tertiary alicyclic amines) is 1. The largest absolute Gasteiger partial charge is 0.341 e. The van der Waals surface area contributed by atoms with E-state index in [9.17, 15) is 4.79 Å². The van der Waals surface area contributed by atoms with Crippen molar-refractivity contribution >= 4 is 5.91 Å². The Balaban J connectivity index is 2.32. The molecule has 0 aromatic rings. The van der Waals surface area contributed by atoms with Crippen molar-refractivity contribution in [3.05, 3.63) is 0 Å². The lowest BCUT2D eigenvalue weighted by molar-refractivity contribution is -0.130. The Hall–Kier alpha value is -0.570. The molecule has 0 aromatic heterocycles. The molecule has 94 valence electrons. The lowest BCUT2D eigenvalue weighted by atomic mass is 9.85. The van der Waals surface area contributed by atoms with E-state index in [1.165, 1.54) is 0 Å². The number of nitrogens with zero attached hydrogens (tertiary/aromatic N) is 1. The van der Waals surface area contributed by atoms with Crippen LogP contribution in [-0.4, -0.2) is 37.0 Å². The maximum Gasteiger partial charge on any atom is 0.222 e. The number of carbonyl (C=O) groups is 1. The van der Waals surface area contributed by atoms with Gasteiger partial charge in [0, 0.05) is 26.1 Å². The second-order valence-corrected chi connectivity index (χ2v) is 5.55. The molecule has 1 rings (SSSR count). The smallest absolute Gasteiger partial charge is 0.222 e. The minimum Gasteiger partial charge on any atom is -0.341 e. The highest BCUT2D eigenvalue weighted by molar-refractivity contribution is 5.76. The summed E-state index contributed by atoms with van der Waals surface area (Å²) in [5, 5.41) is 3.35. The highest BCUT2D eigenvalue weighted by Gasteiger charge is 2.26. The average molecular weight is 226 g/mol. The summed E-state index contributed by atoms with van der Waals surface area (Å²) in [6.07, 6.45) is 4.04. The first-order valence-electron chi connectivity index (χ1n) is 6.54. The highest BCUT2D eigenvalue weighted by Crippen LogP contribution is 2.29. The standard InChI is InChI=1S/C13H26N2O/c1-4-8-14-9-11-15-10-7-13(2,3)6-5-12(15)16/h14H,4-11H2,1-3H3. The first-order valence-corrected chi connectivity index (χ1v) is 6.54. The summed E-state index contributed by atoms with van der Waals surface area (Å²) in [7, 11) is 0. The van der Waals surface area contributed by atoms with Crippen molar-refractivity contribution < 1.29 is 4.79 Å². The Kier molecular flexibility index (Phi) is 5.26. The molecule has 0 atom stereocenters. The summed E-state index contributed by atoms with van der Waals surface area (Å²) >= 11 is 0. The topological polar surface area (TPSA) is 32.3 Å². The van der Waals surface area contributed by atoms with Crippen LogP contribution in [0.15, 0.2) is 0 Å². The molecule has 1 fully saturated rings. The molecule has 0 spiro atoms. The molecule has 1 heterocycles. The fourth-order valence-electron chi connectivity index (χ4n) is 2.04.